The molecule has 3 heterocycles. The van der Waals surface area contributed by atoms with Crippen LogP contribution in [-0.4, -0.2) is 22.3 Å². The molecular weight excluding hydrogens is 392 g/mol. The standard InChI is InChI=1S/C13H12Br2N2OS/c14-8-7-11(19-12(8)15)13(18)17-6-2-4-10(17)9-3-1-5-16-9/h1,3,5,7,10,16H,2,4,6H2. The van der Waals surface area contributed by atoms with Crippen molar-refractivity contribution in [2.24, 2.45) is 0 Å². The average Bonchev–Trinajstić information content (AvgIpc) is 3.09. The van der Waals surface area contributed by atoms with Gasteiger partial charge in [-0.15, -0.1) is 11.3 Å². The van der Waals surface area contributed by atoms with E-state index >= 15 is 0 Å². The van der Waals surface area contributed by atoms with Crippen molar-refractivity contribution in [3.05, 3.63) is 43.2 Å². The zero-order valence-corrected chi connectivity index (χ0v) is 14.0. The van der Waals surface area contributed by atoms with Crippen LogP contribution < -0.4 is 0 Å². The van der Waals surface area contributed by atoms with Crippen molar-refractivity contribution in [3.63, 3.8) is 0 Å². The first-order valence-corrected chi connectivity index (χ1v) is 8.46. The van der Waals surface area contributed by atoms with Crippen molar-refractivity contribution >= 4 is 49.1 Å². The Morgan fingerprint density at radius 1 is 1.47 bits per heavy atom. The molecule has 0 aliphatic carbocycles. The second-order valence-electron chi connectivity index (χ2n) is 4.51. The number of hydrogen-bond acceptors (Lipinski definition) is 2. The molecule has 1 amide bonds. The summed E-state index contributed by atoms with van der Waals surface area (Å²) < 4.78 is 1.91. The average molecular weight is 404 g/mol. The predicted octanol–water partition coefficient (Wildman–Crippen LogP) is 4.58. The summed E-state index contributed by atoms with van der Waals surface area (Å²) >= 11 is 8.35. The number of rotatable bonds is 2. The van der Waals surface area contributed by atoms with Crippen LogP contribution in [0.1, 0.15) is 34.2 Å². The van der Waals surface area contributed by atoms with E-state index in [4.69, 9.17) is 0 Å². The van der Waals surface area contributed by atoms with E-state index in [2.05, 4.69) is 42.9 Å². The first-order valence-electron chi connectivity index (χ1n) is 6.06. The first-order chi connectivity index (χ1) is 9.16. The van der Waals surface area contributed by atoms with Crippen LogP contribution in [0.25, 0.3) is 0 Å². The predicted molar refractivity (Wildman–Crippen MR) is 83.5 cm³/mol. The Balaban J connectivity index is 1.86. The molecule has 1 aliphatic rings. The zero-order chi connectivity index (χ0) is 13.4. The van der Waals surface area contributed by atoms with Crippen LogP contribution >= 0.6 is 43.2 Å². The van der Waals surface area contributed by atoms with Gasteiger partial charge in [-0.25, -0.2) is 0 Å². The molecule has 1 unspecified atom stereocenters. The Hall–Kier alpha value is -0.590. The smallest absolute Gasteiger partial charge is 0.264 e. The number of aromatic amines is 1. The van der Waals surface area contributed by atoms with E-state index in [0.29, 0.717) is 0 Å². The van der Waals surface area contributed by atoms with Gasteiger partial charge in [0.25, 0.3) is 5.91 Å². The van der Waals surface area contributed by atoms with Gasteiger partial charge in [-0.1, -0.05) is 0 Å². The molecule has 0 spiro atoms. The van der Waals surface area contributed by atoms with Crippen LogP contribution in [0.3, 0.4) is 0 Å². The summed E-state index contributed by atoms with van der Waals surface area (Å²) in [5, 5.41) is 0. The lowest BCUT2D eigenvalue weighted by Gasteiger charge is -2.23. The fourth-order valence-corrected chi connectivity index (χ4v) is 4.47. The third-order valence-electron chi connectivity index (χ3n) is 3.35. The number of nitrogens with one attached hydrogen (secondary N) is 1. The highest BCUT2D eigenvalue weighted by molar-refractivity contribution is 9.13. The minimum absolute atomic E-state index is 0.119. The highest BCUT2D eigenvalue weighted by Crippen LogP contribution is 2.37. The van der Waals surface area contributed by atoms with E-state index in [9.17, 15) is 4.79 Å². The normalized spacial score (nSPS) is 19.1. The molecule has 1 aliphatic heterocycles. The molecule has 0 aromatic carbocycles. The Bertz CT molecular complexity index is 574. The van der Waals surface area contributed by atoms with E-state index in [1.54, 1.807) is 0 Å². The number of H-pyrrole nitrogens is 1. The first kappa shape index (κ1) is 13.4. The Labute approximate surface area is 132 Å². The summed E-state index contributed by atoms with van der Waals surface area (Å²) in [5.74, 6) is 0.119. The minimum Gasteiger partial charge on any atom is -0.363 e. The van der Waals surface area contributed by atoms with Gasteiger partial charge in [0.15, 0.2) is 0 Å². The van der Waals surface area contributed by atoms with Crippen LogP contribution in [-0.2, 0) is 0 Å². The van der Waals surface area contributed by atoms with Gasteiger partial charge in [0.2, 0.25) is 0 Å². The van der Waals surface area contributed by atoms with E-state index in [-0.39, 0.29) is 11.9 Å². The molecular formula is C13H12Br2N2OS. The molecule has 3 nitrogen and oxygen atoms in total. The molecule has 1 atom stereocenters. The lowest BCUT2D eigenvalue weighted by atomic mass is 10.1. The molecule has 19 heavy (non-hydrogen) atoms. The number of nitrogens with zero attached hydrogens (tertiary/aromatic N) is 1. The third-order valence-corrected chi connectivity index (χ3v) is 6.59. The summed E-state index contributed by atoms with van der Waals surface area (Å²) in [4.78, 5) is 18.6. The maximum atomic E-state index is 12.6. The number of carbonyl (C=O) groups excluding carboxylic acids is 1. The number of carbonyl (C=O) groups is 1. The van der Waals surface area contributed by atoms with Gasteiger partial charge < -0.3 is 9.88 Å². The molecule has 1 N–H and O–H groups in total. The van der Waals surface area contributed by atoms with Gasteiger partial charge >= 0.3 is 0 Å². The largest absolute Gasteiger partial charge is 0.363 e. The maximum absolute atomic E-state index is 12.6. The highest BCUT2D eigenvalue weighted by Gasteiger charge is 2.32. The van der Waals surface area contributed by atoms with Crippen LogP contribution in [0.15, 0.2) is 32.7 Å². The second-order valence-corrected chi connectivity index (χ2v) is 7.74. The molecule has 3 rings (SSSR count). The molecule has 0 saturated carbocycles. The molecule has 0 radical (unpaired) electrons. The SMILES string of the molecule is O=C(c1cc(Br)c(Br)s1)N1CCCC1c1ccc[nH]1. The summed E-state index contributed by atoms with van der Waals surface area (Å²) in [6, 6.07) is 6.11. The van der Waals surface area contributed by atoms with E-state index in [1.807, 2.05) is 23.2 Å². The van der Waals surface area contributed by atoms with Crippen molar-refractivity contribution in [3.8, 4) is 0 Å². The van der Waals surface area contributed by atoms with E-state index in [0.717, 1.165) is 38.2 Å². The topological polar surface area (TPSA) is 36.1 Å². The molecule has 1 fully saturated rings. The summed E-state index contributed by atoms with van der Waals surface area (Å²) in [6.07, 6.45) is 4.00. The number of likely N-dealkylation sites (tertiary alicyclic amines) is 1. The van der Waals surface area contributed by atoms with E-state index in [1.165, 1.54) is 11.3 Å². The van der Waals surface area contributed by atoms with Crippen molar-refractivity contribution < 1.29 is 4.79 Å². The van der Waals surface area contributed by atoms with Crippen LogP contribution in [0.2, 0.25) is 0 Å². The molecule has 2 aromatic heterocycles. The molecule has 2 aromatic rings. The lowest BCUT2D eigenvalue weighted by Crippen LogP contribution is -2.30. The molecule has 6 heteroatoms. The summed E-state index contributed by atoms with van der Waals surface area (Å²) in [6.45, 7) is 0.829. The minimum atomic E-state index is 0.119. The zero-order valence-electron chi connectivity index (χ0n) is 10.0. The van der Waals surface area contributed by atoms with E-state index < -0.39 is 0 Å². The Morgan fingerprint density at radius 3 is 2.95 bits per heavy atom. The number of hydrogen-bond donors (Lipinski definition) is 1. The summed E-state index contributed by atoms with van der Waals surface area (Å²) in [7, 11) is 0. The fourth-order valence-electron chi connectivity index (χ4n) is 2.48. The monoisotopic (exact) mass is 402 g/mol. The van der Waals surface area contributed by atoms with Gasteiger partial charge in [0.05, 0.1) is 14.7 Å². The molecule has 1 saturated heterocycles. The lowest BCUT2D eigenvalue weighted by molar-refractivity contribution is 0.0738. The Morgan fingerprint density at radius 2 is 2.32 bits per heavy atom. The van der Waals surface area contributed by atoms with Crippen molar-refractivity contribution in [1.29, 1.82) is 0 Å². The molecule has 100 valence electrons. The van der Waals surface area contributed by atoms with Crippen LogP contribution in [0.4, 0.5) is 0 Å². The number of halogens is 2. The fraction of sp³-hybridized carbons (Fsp3) is 0.308. The highest BCUT2D eigenvalue weighted by atomic mass is 79.9. The van der Waals surface area contributed by atoms with Crippen LogP contribution in [0.5, 0.6) is 0 Å². The van der Waals surface area contributed by atoms with Crippen molar-refractivity contribution in [2.75, 3.05) is 6.54 Å². The van der Waals surface area contributed by atoms with Gasteiger partial charge in [0.1, 0.15) is 0 Å². The van der Waals surface area contributed by atoms with Gasteiger partial charge in [-0.05, 0) is 62.9 Å². The quantitative estimate of drug-likeness (QED) is 0.782. The van der Waals surface area contributed by atoms with Crippen LogP contribution in [0, 0.1) is 0 Å². The van der Waals surface area contributed by atoms with Gasteiger partial charge in [0, 0.05) is 22.9 Å². The third kappa shape index (κ3) is 2.53. The van der Waals surface area contributed by atoms with Gasteiger partial charge in [-0.2, -0.15) is 0 Å². The summed E-state index contributed by atoms with van der Waals surface area (Å²) in [5.41, 5.74) is 1.13. The maximum Gasteiger partial charge on any atom is 0.264 e. The van der Waals surface area contributed by atoms with Crippen molar-refractivity contribution in [2.45, 2.75) is 18.9 Å². The number of aromatic nitrogens is 1. The van der Waals surface area contributed by atoms with Gasteiger partial charge in [-0.3, -0.25) is 4.79 Å². The second kappa shape index (κ2) is 5.42. The van der Waals surface area contributed by atoms with Crippen molar-refractivity contribution in [1.82, 2.24) is 9.88 Å². The number of thiophene rings is 1. The molecule has 0 bridgehead atoms. The number of amides is 1. The Kier molecular flexibility index (Phi) is 3.82.